The number of nitrogens with zero attached hydrogens (tertiary/aromatic N) is 2. The lowest BCUT2D eigenvalue weighted by molar-refractivity contribution is 0.910. The molecule has 0 fully saturated rings. The van der Waals surface area contributed by atoms with E-state index < -0.39 is 0 Å². The lowest BCUT2D eigenvalue weighted by Gasteiger charge is -2.13. The zero-order chi connectivity index (χ0) is 17.4. The van der Waals surface area contributed by atoms with Gasteiger partial charge in [0, 0.05) is 33.1 Å². The van der Waals surface area contributed by atoms with Crippen molar-refractivity contribution in [3.05, 3.63) is 87.2 Å². The van der Waals surface area contributed by atoms with Gasteiger partial charge in [-0.15, -0.1) is 0 Å². The summed E-state index contributed by atoms with van der Waals surface area (Å²) in [5.41, 5.74) is 6.47. The number of rotatable bonds is 3. The van der Waals surface area contributed by atoms with Gasteiger partial charge in [-0.05, 0) is 42.3 Å². The summed E-state index contributed by atoms with van der Waals surface area (Å²) in [7, 11) is 0. The van der Waals surface area contributed by atoms with Gasteiger partial charge < -0.3 is 4.57 Å². The number of aromatic nitrogens is 1. The van der Waals surface area contributed by atoms with E-state index in [0.717, 1.165) is 35.4 Å². The fraction of sp³-hybridized carbons (Fsp3) is 0.190. The molecule has 126 valence electrons. The number of benzene rings is 2. The average Bonchev–Trinajstić information content (AvgIpc) is 2.93. The van der Waals surface area contributed by atoms with E-state index >= 15 is 0 Å². The molecule has 0 spiro atoms. The summed E-state index contributed by atoms with van der Waals surface area (Å²) in [5, 5.41) is 1.40. The Balaban J connectivity index is 1.93. The van der Waals surface area contributed by atoms with Crippen molar-refractivity contribution in [3.63, 3.8) is 0 Å². The van der Waals surface area contributed by atoms with Crippen LogP contribution < -0.4 is 0 Å². The fourth-order valence-electron chi connectivity index (χ4n) is 3.38. The second-order valence-corrected chi connectivity index (χ2v) is 7.11. The maximum atomic E-state index is 6.45. The summed E-state index contributed by atoms with van der Waals surface area (Å²) < 4.78 is 2.24. The summed E-state index contributed by atoms with van der Waals surface area (Å²) in [4.78, 5) is 4.90. The van der Waals surface area contributed by atoms with Gasteiger partial charge in [-0.3, -0.25) is 4.99 Å². The van der Waals surface area contributed by atoms with Crippen LogP contribution in [-0.4, -0.2) is 10.3 Å². The van der Waals surface area contributed by atoms with E-state index in [-0.39, 0.29) is 0 Å². The molecule has 1 aliphatic heterocycles. The molecule has 0 amide bonds. The van der Waals surface area contributed by atoms with Gasteiger partial charge >= 0.3 is 0 Å². The number of halogens is 2. The van der Waals surface area contributed by atoms with Crippen molar-refractivity contribution in [2.75, 3.05) is 0 Å². The number of aryl methyl sites for hydroxylation is 1. The first-order valence-corrected chi connectivity index (χ1v) is 9.22. The highest BCUT2D eigenvalue weighted by atomic mass is 35.5. The molecule has 25 heavy (non-hydrogen) atoms. The van der Waals surface area contributed by atoms with E-state index in [1.807, 2.05) is 36.4 Å². The van der Waals surface area contributed by atoms with E-state index in [2.05, 4.69) is 29.8 Å². The van der Waals surface area contributed by atoms with Gasteiger partial charge in [-0.2, -0.15) is 0 Å². The molecule has 1 aromatic heterocycles. The first-order chi connectivity index (χ1) is 12.2. The molecule has 0 bridgehead atoms. The Hall–Kier alpha value is -2.03. The van der Waals surface area contributed by atoms with Crippen molar-refractivity contribution in [1.82, 2.24) is 4.57 Å². The van der Waals surface area contributed by atoms with Crippen LogP contribution in [0.4, 0.5) is 0 Å². The van der Waals surface area contributed by atoms with Crippen molar-refractivity contribution in [3.8, 4) is 5.69 Å². The number of aliphatic imine (C=N–C) groups is 1. The van der Waals surface area contributed by atoms with Crippen molar-refractivity contribution >= 4 is 28.9 Å². The van der Waals surface area contributed by atoms with Gasteiger partial charge in [0.15, 0.2) is 0 Å². The van der Waals surface area contributed by atoms with Crippen molar-refractivity contribution in [2.45, 2.75) is 26.3 Å². The lowest BCUT2D eigenvalue weighted by Crippen LogP contribution is -2.07. The van der Waals surface area contributed by atoms with Crippen LogP contribution in [-0.2, 0) is 13.0 Å². The molecule has 0 saturated carbocycles. The minimum atomic E-state index is 0.622. The zero-order valence-electron chi connectivity index (χ0n) is 14.0. The Bertz CT molecular complexity index is 970. The highest BCUT2D eigenvalue weighted by Gasteiger charge is 2.21. The highest BCUT2D eigenvalue weighted by molar-refractivity contribution is 6.36. The summed E-state index contributed by atoms with van der Waals surface area (Å²) >= 11 is 12.8. The Labute approximate surface area is 157 Å². The van der Waals surface area contributed by atoms with Gasteiger partial charge in [-0.25, -0.2) is 0 Å². The third kappa shape index (κ3) is 3.01. The topological polar surface area (TPSA) is 17.3 Å². The third-order valence-electron chi connectivity index (χ3n) is 4.50. The lowest BCUT2D eigenvalue weighted by atomic mass is 10.0. The molecule has 3 aromatic rings. The van der Waals surface area contributed by atoms with E-state index in [1.165, 1.54) is 11.3 Å². The second kappa shape index (κ2) is 6.70. The first-order valence-electron chi connectivity index (χ1n) is 8.47. The van der Waals surface area contributed by atoms with Crippen LogP contribution in [0.25, 0.3) is 5.69 Å². The average molecular weight is 369 g/mol. The third-order valence-corrected chi connectivity index (χ3v) is 5.06. The zero-order valence-corrected chi connectivity index (χ0v) is 15.5. The Morgan fingerprint density at radius 3 is 2.68 bits per heavy atom. The maximum Gasteiger partial charge on any atom is 0.0803 e. The van der Waals surface area contributed by atoms with Crippen LogP contribution in [0.15, 0.2) is 59.7 Å². The van der Waals surface area contributed by atoms with Crippen LogP contribution in [0, 0.1) is 0 Å². The summed E-state index contributed by atoms with van der Waals surface area (Å²) in [6, 6.07) is 16.0. The molecule has 2 heterocycles. The molecule has 0 unspecified atom stereocenters. The number of hydrogen-bond donors (Lipinski definition) is 0. The Morgan fingerprint density at radius 2 is 1.88 bits per heavy atom. The van der Waals surface area contributed by atoms with Crippen LogP contribution in [0.2, 0.25) is 10.0 Å². The van der Waals surface area contributed by atoms with E-state index in [9.17, 15) is 0 Å². The van der Waals surface area contributed by atoms with Crippen LogP contribution in [0.5, 0.6) is 0 Å². The van der Waals surface area contributed by atoms with Gasteiger partial charge in [0.05, 0.1) is 17.9 Å². The molecule has 0 aliphatic carbocycles. The quantitative estimate of drug-likeness (QED) is 0.532. The molecule has 1 aliphatic rings. The number of fused-ring (bicyclic) bond motifs is 3. The molecule has 0 radical (unpaired) electrons. The van der Waals surface area contributed by atoms with E-state index in [0.29, 0.717) is 16.6 Å². The minimum Gasteiger partial charge on any atom is -0.318 e. The van der Waals surface area contributed by atoms with Gasteiger partial charge in [-0.1, -0.05) is 54.7 Å². The molecule has 4 rings (SSSR count). The summed E-state index contributed by atoms with van der Waals surface area (Å²) in [5.74, 6) is 0. The number of hydrogen-bond acceptors (Lipinski definition) is 1. The normalized spacial score (nSPS) is 13.0. The van der Waals surface area contributed by atoms with E-state index in [4.69, 9.17) is 28.2 Å². The smallest absolute Gasteiger partial charge is 0.0803 e. The molecule has 0 saturated heterocycles. The van der Waals surface area contributed by atoms with Gasteiger partial charge in [0.25, 0.3) is 0 Å². The van der Waals surface area contributed by atoms with Crippen LogP contribution >= 0.6 is 23.2 Å². The predicted octanol–water partition coefficient (Wildman–Crippen LogP) is 6.09. The molecule has 0 N–H and O–H groups in total. The molecular formula is C21H18Cl2N2. The highest BCUT2D eigenvalue weighted by Crippen LogP contribution is 2.31. The van der Waals surface area contributed by atoms with Crippen molar-refractivity contribution < 1.29 is 0 Å². The Kier molecular flexibility index (Phi) is 4.41. The maximum absolute atomic E-state index is 6.45. The molecule has 2 aromatic carbocycles. The van der Waals surface area contributed by atoms with Gasteiger partial charge in [0.1, 0.15) is 0 Å². The van der Waals surface area contributed by atoms with Gasteiger partial charge in [0.2, 0.25) is 0 Å². The second-order valence-electron chi connectivity index (χ2n) is 6.27. The molecule has 0 atom stereocenters. The van der Waals surface area contributed by atoms with Crippen molar-refractivity contribution in [1.29, 1.82) is 0 Å². The molecule has 4 heteroatoms. The predicted molar refractivity (Wildman–Crippen MR) is 106 cm³/mol. The standard InChI is InChI=1S/C21H18Cl2N2/c1-2-5-14-10-16-12-24-21(17-6-3-4-7-19(17)23)18-11-15(22)8-9-20(18)25(16)13-14/h3-4,6-11,13H,2,5,12H2,1H3. The fourth-order valence-corrected chi connectivity index (χ4v) is 3.78. The van der Waals surface area contributed by atoms with Crippen molar-refractivity contribution in [2.24, 2.45) is 4.99 Å². The minimum absolute atomic E-state index is 0.622. The first kappa shape index (κ1) is 16.4. The van der Waals surface area contributed by atoms with Crippen LogP contribution in [0.3, 0.4) is 0 Å². The SMILES string of the molecule is CCCc1cc2n(c1)-c1ccc(Cl)cc1C(c1ccccc1Cl)=NC2. The van der Waals surface area contributed by atoms with Crippen LogP contribution in [0.1, 0.15) is 35.7 Å². The Morgan fingerprint density at radius 1 is 1.04 bits per heavy atom. The van der Waals surface area contributed by atoms with E-state index in [1.54, 1.807) is 0 Å². The monoisotopic (exact) mass is 368 g/mol. The molecular weight excluding hydrogens is 351 g/mol. The molecule has 2 nitrogen and oxygen atoms in total. The largest absolute Gasteiger partial charge is 0.318 e. The summed E-state index contributed by atoms with van der Waals surface area (Å²) in [6.07, 6.45) is 4.42. The summed E-state index contributed by atoms with van der Waals surface area (Å²) in [6.45, 7) is 2.82.